The average molecular weight is 306 g/mol. The number of nitrogens with two attached hydrogens (primary N) is 1. The molecule has 1 aromatic carbocycles. The number of anilines is 1. The summed E-state index contributed by atoms with van der Waals surface area (Å²) in [5, 5.41) is 0. The molecule has 2 fully saturated rings. The quantitative estimate of drug-likeness (QED) is 0.857. The van der Waals surface area contributed by atoms with Crippen LogP contribution < -0.4 is 10.5 Å². The third kappa shape index (κ3) is 3.51. The summed E-state index contributed by atoms with van der Waals surface area (Å²) in [6.45, 7) is 3.06. The summed E-state index contributed by atoms with van der Waals surface area (Å²) in [4.78, 5) is 13.8. The van der Waals surface area contributed by atoms with Gasteiger partial charge in [-0.1, -0.05) is 6.07 Å². The van der Waals surface area contributed by atoms with Crippen LogP contribution in [0.4, 0.5) is 5.69 Å². The Bertz CT molecular complexity index is 523. The second-order valence-corrected chi connectivity index (χ2v) is 5.60. The largest absolute Gasteiger partial charge is 0.482 e. The molecule has 1 aromatic rings. The van der Waals surface area contributed by atoms with Crippen LogP contribution in [0.2, 0.25) is 0 Å². The Morgan fingerprint density at radius 1 is 1.23 bits per heavy atom. The van der Waals surface area contributed by atoms with Crippen molar-refractivity contribution in [3.63, 3.8) is 0 Å². The van der Waals surface area contributed by atoms with E-state index in [1.165, 1.54) is 0 Å². The highest BCUT2D eigenvalue weighted by Crippen LogP contribution is 2.29. The van der Waals surface area contributed by atoms with Gasteiger partial charge in [0.15, 0.2) is 12.9 Å². The minimum Gasteiger partial charge on any atom is -0.482 e. The van der Waals surface area contributed by atoms with E-state index in [2.05, 4.69) is 0 Å². The highest BCUT2D eigenvalue weighted by Gasteiger charge is 2.20. The molecule has 22 heavy (non-hydrogen) atoms. The van der Waals surface area contributed by atoms with Gasteiger partial charge in [0.2, 0.25) is 0 Å². The number of carbonyl (C=O) groups excluding carboxylic acids is 1. The zero-order valence-electron chi connectivity index (χ0n) is 12.6. The van der Waals surface area contributed by atoms with Crippen LogP contribution in [-0.4, -0.2) is 43.7 Å². The first-order valence-electron chi connectivity index (χ1n) is 7.77. The Labute approximate surface area is 130 Å². The molecule has 0 saturated carbocycles. The summed E-state index contributed by atoms with van der Waals surface area (Å²) in [5.74, 6) is 0.534. The fourth-order valence-electron chi connectivity index (χ4n) is 2.72. The molecule has 2 aliphatic heterocycles. The zero-order chi connectivity index (χ0) is 15.4. The molecule has 2 heterocycles. The molecule has 6 nitrogen and oxygen atoms in total. The van der Waals surface area contributed by atoms with Crippen LogP contribution in [0.15, 0.2) is 18.2 Å². The molecule has 0 spiro atoms. The lowest BCUT2D eigenvalue weighted by atomic mass is 10.1. The molecule has 2 saturated heterocycles. The fourth-order valence-corrected chi connectivity index (χ4v) is 2.72. The van der Waals surface area contributed by atoms with E-state index in [0.717, 1.165) is 37.9 Å². The summed E-state index contributed by atoms with van der Waals surface area (Å²) < 4.78 is 16.6. The van der Waals surface area contributed by atoms with Gasteiger partial charge in [0.1, 0.15) is 5.75 Å². The number of benzene rings is 1. The number of ether oxygens (including phenoxy) is 3. The number of hydrogen-bond acceptors (Lipinski definition) is 5. The Morgan fingerprint density at radius 2 is 1.95 bits per heavy atom. The third-order valence-corrected chi connectivity index (χ3v) is 3.94. The molecule has 0 aliphatic carbocycles. The monoisotopic (exact) mass is 306 g/mol. The van der Waals surface area contributed by atoms with E-state index in [4.69, 9.17) is 19.9 Å². The van der Waals surface area contributed by atoms with Crippen molar-refractivity contribution in [2.45, 2.75) is 25.6 Å². The van der Waals surface area contributed by atoms with Gasteiger partial charge in [-0.2, -0.15) is 0 Å². The van der Waals surface area contributed by atoms with Gasteiger partial charge in [-0.3, -0.25) is 4.79 Å². The van der Waals surface area contributed by atoms with Crippen molar-refractivity contribution in [2.75, 3.05) is 38.6 Å². The third-order valence-electron chi connectivity index (χ3n) is 3.94. The van der Waals surface area contributed by atoms with Gasteiger partial charge in [-0.05, 0) is 31.4 Å². The molecular weight excluding hydrogens is 284 g/mol. The molecule has 0 aromatic heterocycles. The topological polar surface area (TPSA) is 74.0 Å². The van der Waals surface area contributed by atoms with Crippen LogP contribution in [0, 0.1) is 0 Å². The molecule has 0 radical (unpaired) electrons. The molecular formula is C16H22N2O4. The molecule has 0 atom stereocenters. The van der Waals surface area contributed by atoms with Crippen molar-refractivity contribution in [1.82, 2.24) is 4.90 Å². The molecule has 0 unspecified atom stereocenters. The minimum atomic E-state index is -0.365. The lowest BCUT2D eigenvalue weighted by molar-refractivity contribution is -0.183. The van der Waals surface area contributed by atoms with E-state index in [9.17, 15) is 4.79 Å². The normalized spacial score (nSPS) is 19.4. The summed E-state index contributed by atoms with van der Waals surface area (Å²) in [6.07, 6.45) is 2.69. The van der Waals surface area contributed by atoms with E-state index in [1.807, 2.05) is 11.0 Å². The van der Waals surface area contributed by atoms with Gasteiger partial charge in [0, 0.05) is 18.7 Å². The predicted octanol–water partition coefficient (Wildman–Crippen LogP) is 1.71. The van der Waals surface area contributed by atoms with Crippen LogP contribution in [0.25, 0.3) is 0 Å². The van der Waals surface area contributed by atoms with E-state index in [-0.39, 0.29) is 18.8 Å². The Kier molecular flexibility index (Phi) is 4.80. The highest BCUT2D eigenvalue weighted by molar-refractivity contribution is 5.78. The number of amides is 1. The van der Waals surface area contributed by atoms with Gasteiger partial charge in [0.25, 0.3) is 5.91 Å². The lowest BCUT2D eigenvalue weighted by Gasteiger charge is -2.24. The molecule has 0 bridgehead atoms. The summed E-state index contributed by atoms with van der Waals surface area (Å²) >= 11 is 0. The van der Waals surface area contributed by atoms with Crippen molar-refractivity contribution in [3.8, 4) is 5.75 Å². The minimum absolute atomic E-state index is 0.0138. The molecule has 2 aliphatic rings. The van der Waals surface area contributed by atoms with E-state index in [1.54, 1.807) is 12.1 Å². The van der Waals surface area contributed by atoms with Crippen molar-refractivity contribution >= 4 is 11.6 Å². The number of nitrogen functional groups attached to an aromatic ring is 1. The van der Waals surface area contributed by atoms with E-state index < -0.39 is 0 Å². The van der Waals surface area contributed by atoms with Crippen molar-refractivity contribution in [2.24, 2.45) is 0 Å². The maximum absolute atomic E-state index is 12.0. The van der Waals surface area contributed by atoms with Crippen molar-refractivity contribution in [1.29, 1.82) is 0 Å². The van der Waals surface area contributed by atoms with Crippen LogP contribution in [0.1, 0.15) is 31.1 Å². The second-order valence-electron chi connectivity index (χ2n) is 5.60. The van der Waals surface area contributed by atoms with Gasteiger partial charge < -0.3 is 24.8 Å². The second kappa shape index (κ2) is 6.98. The smallest absolute Gasteiger partial charge is 0.260 e. The van der Waals surface area contributed by atoms with E-state index >= 15 is 0 Å². The SMILES string of the molecule is Nc1cc(C2OCCCO2)ccc1OCC(=O)N1CCCC1. The van der Waals surface area contributed by atoms with Crippen LogP contribution in [0.5, 0.6) is 5.75 Å². The number of hydrogen-bond donors (Lipinski definition) is 1. The number of rotatable bonds is 4. The maximum atomic E-state index is 12.0. The van der Waals surface area contributed by atoms with Gasteiger partial charge in [-0.25, -0.2) is 0 Å². The Balaban J connectivity index is 1.58. The first kappa shape index (κ1) is 15.1. The first-order valence-corrected chi connectivity index (χ1v) is 7.77. The molecule has 3 rings (SSSR count). The molecule has 2 N–H and O–H groups in total. The number of nitrogens with zero attached hydrogens (tertiary/aromatic N) is 1. The van der Waals surface area contributed by atoms with E-state index in [0.29, 0.717) is 24.7 Å². The first-order chi connectivity index (χ1) is 10.7. The van der Waals surface area contributed by atoms with Gasteiger partial charge in [0.05, 0.1) is 18.9 Å². The van der Waals surface area contributed by atoms with Crippen LogP contribution >= 0.6 is 0 Å². The predicted molar refractivity (Wildman–Crippen MR) is 81.4 cm³/mol. The Morgan fingerprint density at radius 3 is 2.64 bits per heavy atom. The summed E-state index contributed by atoms with van der Waals surface area (Å²) in [6, 6.07) is 5.41. The number of carbonyl (C=O) groups is 1. The van der Waals surface area contributed by atoms with Crippen LogP contribution in [-0.2, 0) is 14.3 Å². The molecule has 1 amide bonds. The van der Waals surface area contributed by atoms with Gasteiger partial charge in [-0.15, -0.1) is 0 Å². The number of likely N-dealkylation sites (tertiary alicyclic amines) is 1. The highest BCUT2D eigenvalue weighted by atomic mass is 16.7. The van der Waals surface area contributed by atoms with Gasteiger partial charge >= 0.3 is 0 Å². The lowest BCUT2D eigenvalue weighted by Crippen LogP contribution is -2.32. The zero-order valence-corrected chi connectivity index (χ0v) is 12.6. The molecule has 6 heteroatoms. The van der Waals surface area contributed by atoms with Crippen LogP contribution in [0.3, 0.4) is 0 Å². The molecule has 120 valence electrons. The standard InChI is InChI=1S/C16H22N2O4/c17-13-10-12(16-20-8-3-9-21-16)4-5-14(13)22-11-15(19)18-6-1-2-7-18/h4-5,10,16H,1-3,6-9,11,17H2. The van der Waals surface area contributed by atoms with Crippen molar-refractivity contribution in [3.05, 3.63) is 23.8 Å². The average Bonchev–Trinajstić information content (AvgIpc) is 3.09. The Hall–Kier alpha value is -1.79. The van der Waals surface area contributed by atoms with Crippen molar-refractivity contribution < 1.29 is 19.0 Å². The fraction of sp³-hybridized carbons (Fsp3) is 0.562. The maximum Gasteiger partial charge on any atom is 0.260 e. The summed E-state index contributed by atoms with van der Waals surface area (Å²) in [5.41, 5.74) is 7.37. The summed E-state index contributed by atoms with van der Waals surface area (Å²) in [7, 11) is 0.